The van der Waals surface area contributed by atoms with Gasteiger partial charge in [0, 0.05) is 36.3 Å². The van der Waals surface area contributed by atoms with E-state index in [4.69, 9.17) is 4.99 Å². The highest BCUT2D eigenvalue weighted by Crippen LogP contribution is 2.31. The molecule has 0 fully saturated rings. The van der Waals surface area contributed by atoms with Gasteiger partial charge in [-0.25, -0.2) is 13.4 Å². The maximum absolute atomic E-state index is 11.8. The normalized spacial score (nSPS) is 15.8. The van der Waals surface area contributed by atoms with E-state index >= 15 is 0 Å². The highest BCUT2D eigenvalue weighted by Gasteiger charge is 2.25. The summed E-state index contributed by atoms with van der Waals surface area (Å²) >= 11 is 1.25. The minimum atomic E-state index is -3.35. The second-order valence-corrected chi connectivity index (χ2v) is 12.3. The molecule has 9 nitrogen and oxygen atoms in total. The molecule has 204 valence electrons. The van der Waals surface area contributed by atoms with E-state index in [0.717, 1.165) is 59.6 Å². The van der Waals surface area contributed by atoms with Crippen molar-refractivity contribution >= 4 is 49.9 Å². The van der Waals surface area contributed by atoms with E-state index in [0.29, 0.717) is 23.5 Å². The molecule has 3 aromatic rings. The van der Waals surface area contributed by atoms with Gasteiger partial charge in [-0.3, -0.25) is 14.5 Å². The van der Waals surface area contributed by atoms with Gasteiger partial charge < -0.3 is 4.90 Å². The van der Waals surface area contributed by atoms with Crippen LogP contribution in [0.2, 0.25) is 0 Å². The van der Waals surface area contributed by atoms with E-state index < -0.39 is 10.0 Å². The summed E-state index contributed by atoms with van der Waals surface area (Å²) < 4.78 is 25.5. The lowest BCUT2D eigenvalue weighted by Gasteiger charge is -2.33. The second-order valence-electron chi connectivity index (χ2n) is 9.62. The van der Waals surface area contributed by atoms with Crippen LogP contribution in [0.3, 0.4) is 0 Å². The van der Waals surface area contributed by atoms with Gasteiger partial charge in [-0.05, 0) is 78.1 Å². The Morgan fingerprint density at radius 2 is 1.88 bits per heavy atom. The Kier molecular flexibility index (Phi) is 7.91. The van der Waals surface area contributed by atoms with E-state index in [-0.39, 0.29) is 5.24 Å². The molecule has 5 rings (SSSR count). The van der Waals surface area contributed by atoms with Gasteiger partial charge in [0.2, 0.25) is 10.0 Å². The number of carbonyl (C=O) groups is 1. The Morgan fingerprint density at radius 1 is 1.12 bits per heavy atom. The van der Waals surface area contributed by atoms with Crippen LogP contribution in [0.5, 0.6) is 0 Å². The van der Waals surface area contributed by atoms with Gasteiger partial charge in [0.15, 0.2) is 0 Å². The van der Waals surface area contributed by atoms with Crippen molar-refractivity contribution in [3.05, 3.63) is 94.5 Å². The molecular formula is C29H28N6O3S2. The molecule has 0 bridgehead atoms. The Balaban J connectivity index is 1.48. The molecule has 0 radical (unpaired) electrons. The van der Waals surface area contributed by atoms with Gasteiger partial charge >= 0.3 is 5.24 Å². The standard InChI is InChI=1S/C29H28N6O3S2/c1-34-29(36)39-19-26(32-34)23-11-14-27-24(16-23)4-3-15-35(27)28(22-9-5-20(17-30)6-10-22)31-18-21-7-12-25(13-8-21)33-40(2,37)38/h5-14,16,33H,3-4,15,18-19H2,1-2H3/b31-28-. The fraction of sp³-hybridized carbons (Fsp3) is 0.241. The molecule has 0 aromatic heterocycles. The van der Waals surface area contributed by atoms with Gasteiger partial charge in [-0.1, -0.05) is 30.0 Å². The molecule has 0 atom stereocenters. The first-order chi connectivity index (χ1) is 19.2. The van der Waals surface area contributed by atoms with Gasteiger partial charge in [-0.2, -0.15) is 10.4 Å². The van der Waals surface area contributed by atoms with Crippen molar-refractivity contribution in [3.63, 3.8) is 0 Å². The molecule has 3 aromatic carbocycles. The summed E-state index contributed by atoms with van der Waals surface area (Å²) in [6.45, 7) is 1.18. The summed E-state index contributed by atoms with van der Waals surface area (Å²) in [7, 11) is -1.68. The van der Waals surface area contributed by atoms with Crippen molar-refractivity contribution in [1.29, 1.82) is 5.26 Å². The maximum Gasteiger partial charge on any atom is 0.301 e. The Hall–Kier alpha value is -4.14. The van der Waals surface area contributed by atoms with Crippen LogP contribution in [0.4, 0.5) is 16.2 Å². The number of hydrogen-bond acceptors (Lipinski definition) is 7. The zero-order valence-electron chi connectivity index (χ0n) is 22.2. The largest absolute Gasteiger partial charge is 0.326 e. The molecular weight excluding hydrogens is 544 g/mol. The molecule has 0 spiro atoms. The first-order valence-corrected chi connectivity index (χ1v) is 15.6. The number of aliphatic imine (C=N–C) groups is 1. The van der Waals surface area contributed by atoms with Gasteiger partial charge in [0.05, 0.1) is 30.1 Å². The van der Waals surface area contributed by atoms with E-state index in [9.17, 15) is 18.5 Å². The van der Waals surface area contributed by atoms with Crippen molar-refractivity contribution in [1.82, 2.24) is 5.01 Å². The molecule has 1 amide bonds. The smallest absolute Gasteiger partial charge is 0.301 e. The molecule has 0 saturated carbocycles. The summed E-state index contributed by atoms with van der Waals surface area (Å²) in [6, 6.07) is 23.1. The number of anilines is 2. The number of hydrazone groups is 1. The summed E-state index contributed by atoms with van der Waals surface area (Å²) in [5, 5.41) is 15.1. The number of amidine groups is 1. The second kappa shape index (κ2) is 11.5. The lowest BCUT2D eigenvalue weighted by Crippen LogP contribution is -2.36. The minimum Gasteiger partial charge on any atom is -0.326 e. The maximum atomic E-state index is 11.8. The van der Waals surface area contributed by atoms with Gasteiger partial charge in [0.1, 0.15) is 5.84 Å². The topological polar surface area (TPSA) is 118 Å². The van der Waals surface area contributed by atoms with E-state index in [1.165, 1.54) is 22.3 Å². The van der Waals surface area contributed by atoms with Crippen LogP contribution in [0.1, 0.15) is 34.2 Å². The first-order valence-electron chi connectivity index (χ1n) is 12.7. The van der Waals surface area contributed by atoms with Crippen molar-refractivity contribution in [2.45, 2.75) is 19.4 Å². The molecule has 0 saturated heterocycles. The molecule has 40 heavy (non-hydrogen) atoms. The molecule has 2 aliphatic heterocycles. The number of fused-ring (bicyclic) bond motifs is 1. The molecule has 1 N–H and O–H groups in total. The van der Waals surface area contributed by atoms with Crippen LogP contribution in [-0.4, -0.2) is 55.8 Å². The average molecular weight is 573 g/mol. The van der Waals surface area contributed by atoms with Gasteiger partial charge in [-0.15, -0.1) is 0 Å². The molecule has 2 aliphatic rings. The van der Waals surface area contributed by atoms with E-state index in [1.54, 1.807) is 31.3 Å². The number of nitrogens with zero attached hydrogens (tertiary/aromatic N) is 5. The molecule has 11 heteroatoms. The number of hydrogen-bond donors (Lipinski definition) is 1. The third kappa shape index (κ3) is 6.35. The summed E-state index contributed by atoms with van der Waals surface area (Å²) in [4.78, 5) is 19.1. The highest BCUT2D eigenvalue weighted by atomic mass is 32.2. The third-order valence-electron chi connectivity index (χ3n) is 6.60. The molecule has 2 heterocycles. The number of rotatable bonds is 6. The lowest BCUT2D eigenvalue weighted by molar-refractivity contribution is 0.235. The third-order valence-corrected chi connectivity index (χ3v) is 8.13. The fourth-order valence-corrected chi connectivity index (χ4v) is 5.97. The summed E-state index contributed by atoms with van der Waals surface area (Å²) in [5.74, 6) is 1.34. The van der Waals surface area contributed by atoms with E-state index in [2.05, 4.69) is 32.9 Å². The number of amides is 1. The number of thioether (sulfide) groups is 1. The van der Waals surface area contributed by atoms with Crippen molar-refractivity contribution < 1.29 is 13.2 Å². The lowest BCUT2D eigenvalue weighted by atomic mass is 9.96. The number of benzene rings is 3. The van der Waals surface area contributed by atoms with Gasteiger partial charge in [0.25, 0.3) is 0 Å². The number of sulfonamides is 1. The van der Waals surface area contributed by atoms with Crippen molar-refractivity contribution in [2.75, 3.05) is 35.2 Å². The summed E-state index contributed by atoms with van der Waals surface area (Å²) in [6.07, 6.45) is 2.98. The van der Waals surface area contributed by atoms with Crippen molar-refractivity contribution in [3.8, 4) is 6.07 Å². The number of aryl methyl sites for hydroxylation is 1. The van der Waals surface area contributed by atoms with Crippen LogP contribution in [0.25, 0.3) is 0 Å². The number of carbonyl (C=O) groups excluding carboxylic acids is 1. The van der Waals surface area contributed by atoms with Crippen LogP contribution < -0.4 is 9.62 Å². The monoisotopic (exact) mass is 572 g/mol. The van der Waals surface area contributed by atoms with Crippen molar-refractivity contribution in [2.24, 2.45) is 10.1 Å². The summed E-state index contributed by atoms with van der Waals surface area (Å²) in [5.41, 5.74) is 7.06. The van der Waals surface area contributed by atoms with Crippen LogP contribution in [0.15, 0.2) is 76.8 Å². The quantitative estimate of drug-likeness (QED) is 0.334. The van der Waals surface area contributed by atoms with Crippen LogP contribution >= 0.6 is 11.8 Å². The highest BCUT2D eigenvalue weighted by molar-refractivity contribution is 8.14. The zero-order chi connectivity index (χ0) is 28.3. The predicted octanol–water partition coefficient (Wildman–Crippen LogP) is 4.83. The van der Waals surface area contributed by atoms with Crippen LogP contribution in [0, 0.1) is 11.3 Å². The Bertz CT molecular complexity index is 1640. The minimum absolute atomic E-state index is 0.0579. The predicted molar refractivity (Wildman–Crippen MR) is 161 cm³/mol. The SMILES string of the molecule is CN1N=C(c2ccc3c(c2)CCCN3/C(=N\Cc2ccc(NS(C)(=O)=O)cc2)c2ccc(C#N)cc2)CSC1=O. The zero-order valence-corrected chi connectivity index (χ0v) is 23.8. The van der Waals surface area contributed by atoms with Crippen LogP contribution in [-0.2, 0) is 23.0 Å². The number of nitrogens with one attached hydrogen (secondary N) is 1. The van der Waals surface area contributed by atoms with E-state index in [1.807, 2.05) is 30.3 Å². The Morgan fingerprint density at radius 3 is 2.55 bits per heavy atom. The fourth-order valence-electron chi connectivity index (χ4n) is 4.70. The molecule has 0 aliphatic carbocycles. The molecule has 0 unspecified atom stereocenters. The number of nitriles is 1. The first kappa shape index (κ1) is 27.4. The Labute approximate surface area is 238 Å². The average Bonchev–Trinajstić information content (AvgIpc) is 2.95.